The summed E-state index contributed by atoms with van der Waals surface area (Å²) in [4.78, 5) is 13.6. The van der Waals surface area contributed by atoms with Crippen molar-refractivity contribution in [3.8, 4) is 5.75 Å². The Hall–Kier alpha value is -2.88. The third-order valence-corrected chi connectivity index (χ3v) is 7.97. The summed E-state index contributed by atoms with van der Waals surface area (Å²) in [7, 11) is 0. The van der Waals surface area contributed by atoms with Crippen LogP contribution in [0.4, 0.5) is 13.2 Å². The second-order valence-corrected chi connectivity index (χ2v) is 10.3. The van der Waals surface area contributed by atoms with E-state index in [1.165, 1.54) is 12.1 Å². The molecule has 0 saturated carbocycles. The van der Waals surface area contributed by atoms with Crippen LogP contribution in [0.25, 0.3) is 0 Å². The van der Waals surface area contributed by atoms with Gasteiger partial charge in [0.1, 0.15) is 25.4 Å². The number of rotatable bonds is 8. The summed E-state index contributed by atoms with van der Waals surface area (Å²) in [5.74, 6) is -0.310. The van der Waals surface area contributed by atoms with E-state index >= 15 is 0 Å². The summed E-state index contributed by atoms with van der Waals surface area (Å²) in [5.41, 5.74) is -1.80. The zero-order valence-corrected chi connectivity index (χ0v) is 22.9. The number of piperidine rings is 3. The minimum absolute atomic E-state index is 0. The third-order valence-electron chi connectivity index (χ3n) is 7.97. The molecule has 39 heavy (non-hydrogen) atoms. The van der Waals surface area contributed by atoms with Gasteiger partial charge in [-0.1, -0.05) is 66.7 Å². The van der Waals surface area contributed by atoms with Gasteiger partial charge >= 0.3 is 12.1 Å². The predicted molar refractivity (Wildman–Crippen MR) is 135 cm³/mol. The van der Waals surface area contributed by atoms with Crippen molar-refractivity contribution in [1.82, 2.24) is 0 Å². The molecule has 1 N–H and O–H groups in total. The number of hydrogen-bond acceptors (Lipinski definition) is 4. The van der Waals surface area contributed by atoms with Crippen molar-refractivity contribution in [2.75, 3.05) is 32.8 Å². The lowest BCUT2D eigenvalue weighted by atomic mass is 9.82. The Morgan fingerprint density at radius 3 is 2.00 bits per heavy atom. The molecule has 2 bridgehead atoms. The number of hydrogen-bond donors (Lipinski definition) is 1. The van der Waals surface area contributed by atoms with E-state index in [-0.39, 0.29) is 41.4 Å². The lowest BCUT2D eigenvalue weighted by Gasteiger charge is -2.52. The van der Waals surface area contributed by atoms with Crippen LogP contribution in [0.2, 0.25) is 0 Å². The van der Waals surface area contributed by atoms with E-state index in [0.717, 1.165) is 38.1 Å². The van der Waals surface area contributed by atoms with Crippen molar-refractivity contribution < 1.29 is 54.0 Å². The molecule has 0 spiro atoms. The Bertz CT molecular complexity index is 1210. The van der Waals surface area contributed by atoms with E-state index < -0.39 is 23.3 Å². The first-order valence-electron chi connectivity index (χ1n) is 12.9. The van der Waals surface area contributed by atoms with Crippen LogP contribution in [0.15, 0.2) is 84.9 Å². The Morgan fingerprint density at radius 2 is 1.44 bits per heavy atom. The molecule has 3 aromatic carbocycles. The van der Waals surface area contributed by atoms with Crippen LogP contribution in [-0.2, 0) is 21.3 Å². The van der Waals surface area contributed by atoms with Crippen molar-refractivity contribution in [2.45, 2.75) is 30.7 Å². The molecule has 0 radical (unpaired) electrons. The van der Waals surface area contributed by atoms with Gasteiger partial charge < -0.3 is 36.0 Å². The maximum Gasteiger partial charge on any atom is 0.416 e. The van der Waals surface area contributed by atoms with Crippen LogP contribution < -0.4 is 21.7 Å². The number of quaternary nitrogens is 1. The average molecular weight is 606 g/mol. The van der Waals surface area contributed by atoms with E-state index in [9.17, 15) is 23.1 Å². The first-order chi connectivity index (χ1) is 18.2. The van der Waals surface area contributed by atoms with Crippen LogP contribution in [0.3, 0.4) is 0 Å². The second-order valence-electron chi connectivity index (χ2n) is 10.3. The molecule has 208 valence electrons. The number of halogens is 4. The Labute approximate surface area is 236 Å². The molecule has 3 heterocycles. The number of esters is 1. The molecular weight excluding hydrogens is 575 g/mol. The number of ether oxygens (including phenoxy) is 2. The summed E-state index contributed by atoms with van der Waals surface area (Å²) in [6.07, 6.45) is -3.04. The summed E-state index contributed by atoms with van der Waals surface area (Å²) < 4.78 is 51.5. The van der Waals surface area contributed by atoms with Gasteiger partial charge in [-0.25, -0.2) is 4.79 Å². The molecule has 3 saturated heterocycles. The van der Waals surface area contributed by atoms with Gasteiger partial charge in [-0.2, -0.15) is 13.2 Å². The number of aliphatic hydroxyl groups is 1. The maximum absolute atomic E-state index is 13.6. The smallest absolute Gasteiger partial charge is 0.416 e. The molecule has 6 rings (SSSR count). The fraction of sp³-hybridized carbons (Fsp3) is 0.367. The van der Waals surface area contributed by atoms with E-state index in [1.54, 1.807) is 48.5 Å². The largest absolute Gasteiger partial charge is 1.00 e. The first kappa shape index (κ1) is 29.1. The Balaban J connectivity index is 0.00000353. The van der Waals surface area contributed by atoms with Gasteiger partial charge in [-0.3, -0.25) is 0 Å². The molecule has 1 unspecified atom stereocenters. The predicted octanol–water partition coefficient (Wildman–Crippen LogP) is 2.18. The number of carbonyl (C=O) groups excluding carboxylic acids is 1. The molecule has 3 aliphatic heterocycles. The highest BCUT2D eigenvalue weighted by Gasteiger charge is 2.50. The second kappa shape index (κ2) is 11.7. The average Bonchev–Trinajstić information content (AvgIpc) is 2.94. The summed E-state index contributed by atoms with van der Waals surface area (Å²) in [5, 5.41) is 11.8. The van der Waals surface area contributed by atoms with Gasteiger partial charge in [-0.15, -0.1) is 0 Å². The molecule has 3 fully saturated rings. The molecule has 0 aromatic heterocycles. The zero-order valence-electron chi connectivity index (χ0n) is 21.3. The summed E-state index contributed by atoms with van der Waals surface area (Å²) in [6, 6.07) is 22.5. The Morgan fingerprint density at radius 1 is 0.872 bits per heavy atom. The van der Waals surface area contributed by atoms with Crippen LogP contribution >= 0.6 is 0 Å². The fourth-order valence-electron chi connectivity index (χ4n) is 5.77. The highest BCUT2D eigenvalue weighted by atomic mass is 79.9. The van der Waals surface area contributed by atoms with Gasteiger partial charge in [0, 0.05) is 18.8 Å². The number of nitrogens with zero attached hydrogens (tertiary/aromatic N) is 1. The maximum atomic E-state index is 13.6. The fourth-order valence-corrected chi connectivity index (χ4v) is 5.77. The number of benzene rings is 3. The van der Waals surface area contributed by atoms with Crippen molar-refractivity contribution >= 4 is 5.97 Å². The van der Waals surface area contributed by atoms with Crippen molar-refractivity contribution in [3.05, 3.63) is 102 Å². The molecule has 1 atom stereocenters. The zero-order chi connectivity index (χ0) is 26.8. The van der Waals surface area contributed by atoms with Crippen LogP contribution in [0.5, 0.6) is 5.75 Å². The van der Waals surface area contributed by atoms with E-state index in [2.05, 4.69) is 0 Å². The van der Waals surface area contributed by atoms with E-state index in [0.29, 0.717) is 28.7 Å². The van der Waals surface area contributed by atoms with Crippen molar-refractivity contribution in [3.63, 3.8) is 0 Å². The minimum Gasteiger partial charge on any atom is -1.00 e. The van der Waals surface area contributed by atoms with E-state index in [1.807, 2.05) is 12.1 Å². The lowest BCUT2D eigenvalue weighted by molar-refractivity contribution is -0.946. The van der Waals surface area contributed by atoms with Crippen LogP contribution in [0, 0.1) is 5.92 Å². The molecular formula is C30H31BrF3NO4. The van der Waals surface area contributed by atoms with Crippen LogP contribution in [0.1, 0.15) is 29.5 Å². The molecule has 9 heteroatoms. The van der Waals surface area contributed by atoms with Crippen LogP contribution in [-0.4, -0.2) is 54.4 Å². The van der Waals surface area contributed by atoms with Gasteiger partial charge in [-0.05, 0) is 29.3 Å². The van der Waals surface area contributed by atoms with Gasteiger partial charge in [0.05, 0.1) is 18.7 Å². The highest BCUT2D eigenvalue weighted by molar-refractivity contribution is 5.85. The lowest BCUT2D eigenvalue weighted by Crippen LogP contribution is -3.00. The van der Waals surface area contributed by atoms with Gasteiger partial charge in [0.25, 0.3) is 0 Å². The number of alkyl halides is 3. The molecule has 5 nitrogen and oxygen atoms in total. The summed E-state index contributed by atoms with van der Waals surface area (Å²) >= 11 is 0. The molecule has 0 amide bonds. The normalized spacial score (nSPS) is 22.6. The van der Waals surface area contributed by atoms with Crippen molar-refractivity contribution in [1.29, 1.82) is 0 Å². The van der Waals surface area contributed by atoms with E-state index in [4.69, 9.17) is 9.47 Å². The number of fused-ring (bicyclic) bond motifs is 3. The van der Waals surface area contributed by atoms with Crippen molar-refractivity contribution in [2.24, 2.45) is 5.92 Å². The monoisotopic (exact) mass is 605 g/mol. The minimum atomic E-state index is -4.42. The topological polar surface area (TPSA) is 55.8 Å². The van der Waals surface area contributed by atoms with Gasteiger partial charge in [0.2, 0.25) is 5.60 Å². The van der Waals surface area contributed by atoms with Gasteiger partial charge in [0.15, 0.2) is 6.10 Å². The highest BCUT2D eigenvalue weighted by Crippen LogP contribution is 2.38. The SMILES string of the molecule is O=C(OC1C[N+]2(CCOc3cccc(C(F)(F)F)c3)CCC1CC2)C(O)(c1ccccc1)c1ccccc1.[Br-]. The molecule has 3 aliphatic rings. The quantitative estimate of drug-likeness (QED) is 0.316. The standard InChI is InChI=1S/C30H31F3NO4.BrH/c31-30(32,33)25-12-7-13-26(20-25)37-19-18-34-16-14-22(15-17-34)27(21-34)38-28(35)29(36,23-8-3-1-4-9-23)24-10-5-2-6-11-24;/h1-13,20,22,27,36H,14-19,21H2;1H/q+1;/p-1. The third kappa shape index (κ3) is 6.15. The number of carbonyl (C=O) groups is 1. The summed E-state index contributed by atoms with van der Waals surface area (Å²) in [6.45, 7) is 3.23. The first-order valence-corrected chi connectivity index (χ1v) is 12.9. The molecule has 0 aliphatic carbocycles. The molecule has 3 aromatic rings. The Kier molecular flexibility index (Phi) is 8.73.